The summed E-state index contributed by atoms with van der Waals surface area (Å²) in [5.74, 6) is 0. The second-order valence-corrected chi connectivity index (χ2v) is 6.82. The van der Waals surface area contributed by atoms with Gasteiger partial charge in [0.2, 0.25) is 0 Å². The molecule has 2 unspecified atom stereocenters. The minimum absolute atomic E-state index is 0.173. The highest BCUT2D eigenvalue weighted by atomic mass is 35.5. The van der Waals surface area contributed by atoms with Crippen molar-refractivity contribution in [1.29, 1.82) is 0 Å². The average molecular weight is 340 g/mol. The molecular formula is C17H35ClFNO2. The molecule has 0 fully saturated rings. The molecule has 4 N–H and O–H groups in total. The van der Waals surface area contributed by atoms with Crippen LogP contribution in [0.2, 0.25) is 0 Å². The number of hydrogen-bond acceptors (Lipinski definition) is 3. The quantitative estimate of drug-likeness (QED) is 0.290. The second-order valence-electron chi connectivity index (χ2n) is 6.41. The zero-order chi connectivity index (χ0) is 16.7. The van der Waals surface area contributed by atoms with Gasteiger partial charge in [-0.25, -0.2) is 0 Å². The fraction of sp³-hybridized carbons (Fsp3) is 1.00. The Balaban J connectivity index is 3.27. The molecule has 0 aromatic carbocycles. The number of nitrogens with two attached hydrogens (primary N) is 1. The van der Waals surface area contributed by atoms with Gasteiger partial charge in [0, 0.05) is 0 Å². The lowest BCUT2D eigenvalue weighted by Crippen LogP contribution is -2.51. The van der Waals surface area contributed by atoms with E-state index >= 15 is 0 Å². The van der Waals surface area contributed by atoms with E-state index in [-0.39, 0.29) is 13.3 Å². The molecular weight excluding hydrogens is 305 g/mol. The van der Waals surface area contributed by atoms with E-state index in [1.54, 1.807) is 0 Å². The third-order valence-corrected chi connectivity index (χ3v) is 4.73. The van der Waals surface area contributed by atoms with Crippen LogP contribution >= 0.6 is 11.6 Å². The van der Waals surface area contributed by atoms with Crippen LogP contribution in [-0.2, 0) is 0 Å². The maximum absolute atomic E-state index is 11.9. The highest BCUT2D eigenvalue weighted by molar-refractivity contribution is 6.20. The largest absolute Gasteiger partial charge is 0.394 e. The van der Waals surface area contributed by atoms with Gasteiger partial charge in [0.25, 0.3) is 0 Å². The fourth-order valence-electron chi connectivity index (χ4n) is 2.59. The molecule has 5 heteroatoms. The number of unbranched alkanes of at least 4 members (excludes halogenated alkanes) is 11. The van der Waals surface area contributed by atoms with Gasteiger partial charge in [-0.2, -0.15) is 0 Å². The molecule has 2 atom stereocenters. The number of aliphatic hydroxyl groups is 2. The first-order valence-electron chi connectivity index (χ1n) is 8.84. The number of alkyl halides is 2. The van der Waals surface area contributed by atoms with Crippen molar-refractivity contribution in [2.75, 3.05) is 13.3 Å². The molecule has 0 saturated heterocycles. The first kappa shape index (κ1) is 22.1. The van der Waals surface area contributed by atoms with Crippen LogP contribution in [0, 0.1) is 0 Å². The highest BCUT2D eigenvalue weighted by Gasteiger charge is 2.30. The van der Waals surface area contributed by atoms with Gasteiger partial charge in [0.15, 0.2) is 0 Å². The summed E-state index contributed by atoms with van der Waals surface area (Å²) in [7, 11) is 0. The zero-order valence-electron chi connectivity index (χ0n) is 13.9. The van der Waals surface area contributed by atoms with Crippen LogP contribution in [0.1, 0.15) is 83.5 Å². The van der Waals surface area contributed by atoms with Crippen molar-refractivity contribution < 1.29 is 14.6 Å². The summed E-state index contributed by atoms with van der Waals surface area (Å²) in [4.78, 5) is 0. The Morgan fingerprint density at radius 2 is 1.18 bits per heavy atom. The predicted octanol–water partition coefficient (Wildman–Crippen LogP) is 4.27. The van der Waals surface area contributed by atoms with Crippen LogP contribution in [0.25, 0.3) is 0 Å². The molecule has 134 valence electrons. The minimum atomic E-state index is -1.19. The summed E-state index contributed by atoms with van der Waals surface area (Å²) in [6.07, 6.45) is 14.1. The second kappa shape index (κ2) is 14.7. The molecule has 0 radical (unpaired) electrons. The Morgan fingerprint density at radius 3 is 1.50 bits per heavy atom. The fourth-order valence-corrected chi connectivity index (χ4v) is 2.77. The van der Waals surface area contributed by atoms with E-state index < -0.39 is 11.1 Å². The van der Waals surface area contributed by atoms with Gasteiger partial charge in [0.1, 0.15) is 5.56 Å². The molecule has 0 aromatic heterocycles. The summed E-state index contributed by atoms with van der Waals surface area (Å²) in [6.45, 7) is -0.462. The molecule has 0 rings (SSSR count). The van der Waals surface area contributed by atoms with E-state index in [2.05, 4.69) is 0 Å². The third kappa shape index (κ3) is 11.6. The average Bonchev–Trinajstić information content (AvgIpc) is 2.51. The van der Waals surface area contributed by atoms with Crippen LogP contribution in [0.3, 0.4) is 0 Å². The van der Waals surface area contributed by atoms with Crippen LogP contribution in [0.4, 0.5) is 4.39 Å². The normalized spacial score (nSPS) is 15.7. The molecule has 0 aliphatic heterocycles. The topological polar surface area (TPSA) is 66.5 Å². The van der Waals surface area contributed by atoms with E-state index in [0.717, 1.165) is 32.1 Å². The molecule has 0 aliphatic rings. The Hall–Kier alpha value is 0.1000. The zero-order valence-corrected chi connectivity index (χ0v) is 14.7. The summed E-state index contributed by atoms with van der Waals surface area (Å²) in [5, 5.41) is 18.5. The first-order valence-corrected chi connectivity index (χ1v) is 9.28. The van der Waals surface area contributed by atoms with Crippen molar-refractivity contribution in [3.05, 3.63) is 0 Å². The Kier molecular flexibility index (Phi) is 14.7. The van der Waals surface area contributed by atoms with E-state index in [1.165, 1.54) is 44.9 Å². The molecule has 22 heavy (non-hydrogen) atoms. The van der Waals surface area contributed by atoms with Crippen LogP contribution in [0.15, 0.2) is 0 Å². The lowest BCUT2D eigenvalue weighted by atomic mass is 9.94. The van der Waals surface area contributed by atoms with Gasteiger partial charge in [-0.1, -0.05) is 82.2 Å². The summed E-state index contributed by atoms with van der Waals surface area (Å²) >= 11 is 5.59. The molecule has 0 amide bonds. The van der Waals surface area contributed by atoms with Crippen molar-refractivity contribution in [3.63, 3.8) is 0 Å². The van der Waals surface area contributed by atoms with Crippen LogP contribution in [0.5, 0.6) is 0 Å². The van der Waals surface area contributed by atoms with E-state index in [0.29, 0.717) is 6.42 Å². The van der Waals surface area contributed by atoms with E-state index in [9.17, 15) is 9.50 Å². The van der Waals surface area contributed by atoms with Crippen molar-refractivity contribution >= 4 is 11.6 Å². The SMILES string of the molecule is NC(CO)(CCCCCCCCCCCCCCF)C(O)Cl. The van der Waals surface area contributed by atoms with Gasteiger partial charge in [-0.3, -0.25) is 4.39 Å². The third-order valence-electron chi connectivity index (χ3n) is 4.29. The maximum Gasteiger partial charge on any atom is 0.148 e. The summed E-state index contributed by atoms with van der Waals surface area (Å²) in [6, 6.07) is 0. The first-order chi connectivity index (χ1) is 10.6. The standard InChI is InChI=1S/C17H35ClFNO2/c18-16(22)17(20,15-21)13-11-9-7-5-3-1-2-4-6-8-10-12-14-19/h16,21-22H,1-15,20H2. The Labute approximate surface area is 140 Å². The molecule has 0 heterocycles. The number of aliphatic hydroxyl groups excluding tert-OH is 2. The Bertz CT molecular complexity index is 245. The van der Waals surface area contributed by atoms with Crippen molar-refractivity contribution in [1.82, 2.24) is 0 Å². The summed E-state index contributed by atoms with van der Waals surface area (Å²) < 4.78 is 11.9. The number of halogens is 2. The van der Waals surface area contributed by atoms with Gasteiger partial charge in [-0.15, -0.1) is 0 Å². The lowest BCUT2D eigenvalue weighted by Gasteiger charge is -2.28. The smallest absolute Gasteiger partial charge is 0.148 e. The molecule has 0 aromatic rings. The van der Waals surface area contributed by atoms with Crippen molar-refractivity contribution in [3.8, 4) is 0 Å². The number of hydrogen-bond donors (Lipinski definition) is 3. The lowest BCUT2D eigenvalue weighted by molar-refractivity contribution is 0.0864. The van der Waals surface area contributed by atoms with Crippen LogP contribution in [-0.4, -0.2) is 34.6 Å². The molecule has 0 bridgehead atoms. The monoisotopic (exact) mass is 339 g/mol. The van der Waals surface area contributed by atoms with Crippen LogP contribution < -0.4 is 5.73 Å². The van der Waals surface area contributed by atoms with Gasteiger partial charge < -0.3 is 15.9 Å². The highest BCUT2D eigenvalue weighted by Crippen LogP contribution is 2.20. The van der Waals surface area contributed by atoms with E-state index in [4.69, 9.17) is 22.4 Å². The molecule has 0 spiro atoms. The Morgan fingerprint density at radius 1 is 0.818 bits per heavy atom. The predicted molar refractivity (Wildman–Crippen MR) is 91.9 cm³/mol. The van der Waals surface area contributed by atoms with Gasteiger partial charge >= 0.3 is 0 Å². The maximum atomic E-state index is 11.9. The van der Waals surface area contributed by atoms with Gasteiger partial charge in [-0.05, 0) is 12.8 Å². The van der Waals surface area contributed by atoms with Crippen molar-refractivity contribution in [2.45, 2.75) is 94.6 Å². The molecule has 3 nitrogen and oxygen atoms in total. The van der Waals surface area contributed by atoms with Crippen molar-refractivity contribution in [2.24, 2.45) is 5.73 Å². The molecule has 0 aliphatic carbocycles. The minimum Gasteiger partial charge on any atom is -0.394 e. The van der Waals surface area contributed by atoms with Gasteiger partial charge in [0.05, 0.1) is 18.8 Å². The molecule has 0 saturated carbocycles. The number of rotatable bonds is 16. The summed E-state index contributed by atoms with van der Waals surface area (Å²) in [5.41, 5.74) is 3.57. The van der Waals surface area contributed by atoms with E-state index in [1.807, 2.05) is 0 Å².